The predicted molar refractivity (Wildman–Crippen MR) is 82.1 cm³/mol. The lowest BCUT2D eigenvalue weighted by molar-refractivity contribution is 0.502. The highest BCUT2D eigenvalue weighted by Gasteiger charge is 2.19. The zero-order valence-electron chi connectivity index (χ0n) is 12.1. The smallest absolute Gasteiger partial charge is 0.152 e. The number of nitrogens with zero attached hydrogens (tertiary/aromatic N) is 3. The number of anilines is 1. The molecule has 104 valence electrons. The van der Waals surface area contributed by atoms with Gasteiger partial charge in [0.2, 0.25) is 0 Å². The molecule has 0 bridgehead atoms. The molecule has 0 fully saturated rings. The summed E-state index contributed by atoms with van der Waals surface area (Å²) >= 11 is 6.12. The van der Waals surface area contributed by atoms with E-state index in [1.54, 1.807) is 0 Å². The number of hydrogen-bond acceptors (Lipinski definition) is 2. The van der Waals surface area contributed by atoms with Crippen molar-refractivity contribution in [3.05, 3.63) is 30.1 Å². The van der Waals surface area contributed by atoms with Crippen molar-refractivity contribution in [2.45, 2.75) is 39.1 Å². The van der Waals surface area contributed by atoms with Gasteiger partial charge in [0.25, 0.3) is 0 Å². The molecule has 1 atom stereocenters. The Morgan fingerprint density at radius 3 is 2.68 bits per heavy atom. The Balaban J connectivity index is 2.38. The highest BCUT2D eigenvalue weighted by atomic mass is 35.5. The first-order valence-electron chi connectivity index (χ1n) is 6.79. The number of halogens is 1. The summed E-state index contributed by atoms with van der Waals surface area (Å²) in [6.07, 6.45) is 3.16. The van der Waals surface area contributed by atoms with Gasteiger partial charge in [0.15, 0.2) is 5.82 Å². The maximum atomic E-state index is 6.12. The topological polar surface area (TPSA) is 20.5 Å². The highest BCUT2D eigenvalue weighted by molar-refractivity contribution is 6.17. The lowest BCUT2D eigenvalue weighted by Crippen LogP contribution is -2.31. The minimum Gasteiger partial charge on any atom is -0.355 e. The van der Waals surface area contributed by atoms with Gasteiger partial charge in [0, 0.05) is 19.3 Å². The Kier molecular flexibility index (Phi) is 4.35. The van der Waals surface area contributed by atoms with Crippen molar-refractivity contribution in [2.75, 3.05) is 11.9 Å². The Hall–Kier alpha value is -1.22. The van der Waals surface area contributed by atoms with Crippen LogP contribution in [0.3, 0.4) is 0 Å². The third-order valence-electron chi connectivity index (χ3n) is 3.54. The summed E-state index contributed by atoms with van der Waals surface area (Å²) in [6, 6.07) is 6.47. The van der Waals surface area contributed by atoms with Crippen LogP contribution in [-0.4, -0.2) is 22.5 Å². The van der Waals surface area contributed by atoms with Crippen LogP contribution in [0.4, 0.5) is 5.82 Å². The Labute approximate surface area is 120 Å². The van der Waals surface area contributed by atoms with Crippen molar-refractivity contribution in [3.8, 4) is 0 Å². The highest BCUT2D eigenvalue weighted by Crippen LogP contribution is 2.25. The maximum absolute atomic E-state index is 6.12. The minimum atomic E-state index is 0.451. The van der Waals surface area contributed by atoms with Crippen molar-refractivity contribution in [1.82, 2.24) is 9.38 Å². The van der Waals surface area contributed by atoms with Crippen LogP contribution >= 0.6 is 11.6 Å². The van der Waals surface area contributed by atoms with Gasteiger partial charge in [-0.05, 0) is 31.4 Å². The molecule has 0 aliphatic heterocycles. The van der Waals surface area contributed by atoms with Crippen LogP contribution in [-0.2, 0) is 5.88 Å². The molecule has 0 spiro atoms. The molecule has 0 amide bonds. The SMILES string of the molecule is CC(C)CC(C)N(C)c1nc2ccccn2c1CCl. The average molecular weight is 280 g/mol. The summed E-state index contributed by atoms with van der Waals surface area (Å²) in [4.78, 5) is 6.96. The molecule has 0 aromatic carbocycles. The molecule has 1 unspecified atom stereocenters. The second-order valence-electron chi connectivity index (χ2n) is 5.53. The minimum absolute atomic E-state index is 0.451. The van der Waals surface area contributed by atoms with E-state index in [0.717, 1.165) is 23.6 Å². The van der Waals surface area contributed by atoms with Crippen LogP contribution in [0, 0.1) is 5.92 Å². The summed E-state index contributed by atoms with van der Waals surface area (Å²) in [6.45, 7) is 6.73. The van der Waals surface area contributed by atoms with Crippen LogP contribution in [0.1, 0.15) is 32.9 Å². The number of alkyl halides is 1. The van der Waals surface area contributed by atoms with E-state index < -0.39 is 0 Å². The lowest BCUT2D eigenvalue weighted by atomic mass is 10.0. The largest absolute Gasteiger partial charge is 0.355 e. The van der Waals surface area contributed by atoms with E-state index in [0.29, 0.717) is 17.8 Å². The van der Waals surface area contributed by atoms with E-state index in [-0.39, 0.29) is 0 Å². The molecule has 2 aromatic heterocycles. The van der Waals surface area contributed by atoms with Crippen molar-refractivity contribution in [1.29, 1.82) is 0 Å². The van der Waals surface area contributed by atoms with E-state index in [1.807, 2.05) is 24.4 Å². The molecule has 19 heavy (non-hydrogen) atoms. The summed E-state index contributed by atoms with van der Waals surface area (Å²) in [7, 11) is 2.10. The summed E-state index contributed by atoms with van der Waals surface area (Å²) < 4.78 is 2.07. The van der Waals surface area contributed by atoms with E-state index in [2.05, 4.69) is 37.1 Å². The Morgan fingerprint density at radius 1 is 1.32 bits per heavy atom. The number of rotatable bonds is 5. The normalized spacial score (nSPS) is 13.2. The van der Waals surface area contributed by atoms with Crippen LogP contribution in [0.5, 0.6) is 0 Å². The van der Waals surface area contributed by atoms with Gasteiger partial charge < -0.3 is 9.30 Å². The van der Waals surface area contributed by atoms with Crippen molar-refractivity contribution >= 4 is 23.1 Å². The summed E-state index contributed by atoms with van der Waals surface area (Å²) in [5.74, 6) is 2.14. The van der Waals surface area contributed by atoms with Crippen molar-refractivity contribution in [2.24, 2.45) is 5.92 Å². The maximum Gasteiger partial charge on any atom is 0.152 e. The van der Waals surface area contributed by atoms with Gasteiger partial charge >= 0.3 is 0 Å². The molecule has 3 nitrogen and oxygen atoms in total. The first kappa shape index (κ1) is 14.2. The quantitative estimate of drug-likeness (QED) is 0.773. The third kappa shape index (κ3) is 2.86. The molecule has 2 aromatic rings. The van der Waals surface area contributed by atoms with Gasteiger partial charge in [0.1, 0.15) is 5.65 Å². The first-order chi connectivity index (χ1) is 9.04. The fraction of sp³-hybridized carbons (Fsp3) is 0.533. The molecule has 0 aliphatic carbocycles. The number of hydrogen-bond donors (Lipinski definition) is 0. The average Bonchev–Trinajstić information content (AvgIpc) is 2.75. The van der Waals surface area contributed by atoms with E-state index >= 15 is 0 Å². The fourth-order valence-electron chi connectivity index (χ4n) is 2.49. The first-order valence-corrected chi connectivity index (χ1v) is 7.32. The van der Waals surface area contributed by atoms with Crippen LogP contribution in [0.2, 0.25) is 0 Å². The molecule has 0 radical (unpaired) electrons. The number of imidazole rings is 1. The molecule has 4 heteroatoms. The monoisotopic (exact) mass is 279 g/mol. The van der Waals surface area contributed by atoms with E-state index in [4.69, 9.17) is 16.6 Å². The Morgan fingerprint density at radius 2 is 2.05 bits per heavy atom. The zero-order valence-corrected chi connectivity index (χ0v) is 12.9. The van der Waals surface area contributed by atoms with Gasteiger partial charge in [-0.15, -0.1) is 11.6 Å². The van der Waals surface area contributed by atoms with E-state index in [9.17, 15) is 0 Å². The van der Waals surface area contributed by atoms with Crippen molar-refractivity contribution in [3.63, 3.8) is 0 Å². The van der Waals surface area contributed by atoms with Crippen LogP contribution in [0.15, 0.2) is 24.4 Å². The summed E-state index contributed by atoms with van der Waals surface area (Å²) in [5, 5.41) is 0. The van der Waals surface area contributed by atoms with Gasteiger partial charge in [-0.25, -0.2) is 4.98 Å². The molecule has 0 saturated heterocycles. The van der Waals surface area contributed by atoms with Gasteiger partial charge in [-0.2, -0.15) is 0 Å². The molecular weight excluding hydrogens is 258 g/mol. The van der Waals surface area contributed by atoms with Crippen LogP contribution < -0.4 is 4.90 Å². The number of pyridine rings is 1. The molecule has 2 heterocycles. The fourth-order valence-corrected chi connectivity index (χ4v) is 2.74. The molecule has 0 saturated carbocycles. The predicted octanol–water partition coefficient (Wildman–Crippen LogP) is 3.94. The van der Waals surface area contributed by atoms with Gasteiger partial charge in [0.05, 0.1) is 11.6 Å². The molecule has 0 aliphatic rings. The number of aromatic nitrogens is 2. The molecular formula is C15H22ClN3. The standard InChI is InChI=1S/C15H22ClN3/c1-11(2)9-12(3)18(4)15-13(10-16)19-8-6-5-7-14(19)17-15/h5-8,11-12H,9-10H2,1-4H3. The second-order valence-corrected chi connectivity index (χ2v) is 5.80. The lowest BCUT2D eigenvalue weighted by Gasteiger charge is -2.27. The molecule has 0 N–H and O–H groups in total. The van der Waals surface area contributed by atoms with E-state index in [1.165, 1.54) is 0 Å². The molecule has 2 rings (SSSR count). The Bertz CT molecular complexity index is 547. The second kappa shape index (κ2) is 5.83. The van der Waals surface area contributed by atoms with Crippen molar-refractivity contribution < 1.29 is 0 Å². The summed E-state index contributed by atoms with van der Waals surface area (Å²) in [5.41, 5.74) is 2.02. The third-order valence-corrected chi connectivity index (χ3v) is 3.80. The van der Waals surface area contributed by atoms with Crippen LogP contribution in [0.25, 0.3) is 5.65 Å². The van der Waals surface area contributed by atoms with Gasteiger partial charge in [-0.1, -0.05) is 19.9 Å². The van der Waals surface area contributed by atoms with Gasteiger partial charge in [-0.3, -0.25) is 0 Å². The zero-order chi connectivity index (χ0) is 14.0. The number of fused-ring (bicyclic) bond motifs is 1.